The SMILES string of the molecule is NC(CCN1CCCS(=O)(=O)CC1)c1ccc(F)cc1. The summed E-state index contributed by atoms with van der Waals surface area (Å²) in [6.45, 7) is 2.15. The van der Waals surface area contributed by atoms with Crippen LogP contribution in [0.2, 0.25) is 0 Å². The second kappa shape index (κ2) is 6.65. The van der Waals surface area contributed by atoms with Crippen molar-refractivity contribution in [2.75, 3.05) is 31.1 Å². The smallest absolute Gasteiger partial charge is 0.151 e. The van der Waals surface area contributed by atoms with E-state index in [0.717, 1.165) is 25.1 Å². The van der Waals surface area contributed by atoms with Gasteiger partial charge in [0.05, 0.1) is 11.5 Å². The van der Waals surface area contributed by atoms with Gasteiger partial charge in [0.1, 0.15) is 5.82 Å². The summed E-state index contributed by atoms with van der Waals surface area (Å²) in [5, 5.41) is 0. The molecule has 4 nitrogen and oxygen atoms in total. The van der Waals surface area contributed by atoms with Gasteiger partial charge in [-0.1, -0.05) is 12.1 Å². The Morgan fingerprint density at radius 3 is 2.60 bits per heavy atom. The van der Waals surface area contributed by atoms with E-state index >= 15 is 0 Å². The predicted molar refractivity (Wildman–Crippen MR) is 77.7 cm³/mol. The van der Waals surface area contributed by atoms with Crippen LogP contribution in [-0.2, 0) is 9.84 Å². The fourth-order valence-corrected chi connectivity index (χ4v) is 3.72. The largest absolute Gasteiger partial charge is 0.324 e. The van der Waals surface area contributed by atoms with E-state index in [1.54, 1.807) is 12.1 Å². The van der Waals surface area contributed by atoms with Crippen molar-refractivity contribution in [3.05, 3.63) is 35.6 Å². The Hall–Kier alpha value is -0.980. The molecule has 1 saturated heterocycles. The van der Waals surface area contributed by atoms with Crippen molar-refractivity contribution in [2.24, 2.45) is 5.73 Å². The zero-order chi connectivity index (χ0) is 14.6. The molecule has 1 aromatic rings. The molecule has 0 radical (unpaired) electrons. The highest BCUT2D eigenvalue weighted by atomic mass is 32.2. The Bertz CT molecular complexity index is 531. The summed E-state index contributed by atoms with van der Waals surface area (Å²) in [5.41, 5.74) is 7.00. The van der Waals surface area contributed by atoms with Crippen molar-refractivity contribution >= 4 is 9.84 Å². The van der Waals surface area contributed by atoms with E-state index in [1.807, 2.05) is 0 Å². The first-order valence-electron chi connectivity index (χ1n) is 6.90. The summed E-state index contributed by atoms with van der Waals surface area (Å²) >= 11 is 0. The number of nitrogens with two attached hydrogens (primary N) is 1. The van der Waals surface area contributed by atoms with Crippen LogP contribution in [-0.4, -0.2) is 44.5 Å². The van der Waals surface area contributed by atoms with E-state index in [0.29, 0.717) is 13.0 Å². The lowest BCUT2D eigenvalue weighted by molar-refractivity contribution is 0.283. The van der Waals surface area contributed by atoms with Crippen LogP contribution in [0.25, 0.3) is 0 Å². The second-order valence-electron chi connectivity index (χ2n) is 5.29. The molecule has 1 atom stereocenters. The molecule has 0 saturated carbocycles. The van der Waals surface area contributed by atoms with E-state index in [-0.39, 0.29) is 23.4 Å². The maximum atomic E-state index is 12.8. The highest BCUT2D eigenvalue weighted by Crippen LogP contribution is 2.16. The highest BCUT2D eigenvalue weighted by molar-refractivity contribution is 7.91. The molecule has 1 aliphatic heterocycles. The van der Waals surface area contributed by atoms with Crippen LogP contribution in [0.5, 0.6) is 0 Å². The number of halogens is 1. The van der Waals surface area contributed by atoms with Crippen LogP contribution in [0.1, 0.15) is 24.4 Å². The minimum absolute atomic E-state index is 0.143. The van der Waals surface area contributed by atoms with Gasteiger partial charge in [0.2, 0.25) is 0 Å². The third kappa shape index (κ3) is 4.54. The van der Waals surface area contributed by atoms with Crippen LogP contribution in [0.3, 0.4) is 0 Å². The first-order chi connectivity index (χ1) is 9.46. The van der Waals surface area contributed by atoms with E-state index in [4.69, 9.17) is 5.73 Å². The molecule has 6 heteroatoms. The molecular formula is C14H21FN2O2S. The average Bonchev–Trinajstić information content (AvgIpc) is 2.58. The third-order valence-electron chi connectivity index (χ3n) is 3.70. The van der Waals surface area contributed by atoms with Gasteiger partial charge in [-0.15, -0.1) is 0 Å². The van der Waals surface area contributed by atoms with Crippen molar-refractivity contribution in [3.8, 4) is 0 Å². The van der Waals surface area contributed by atoms with Gasteiger partial charge in [-0.2, -0.15) is 0 Å². The first-order valence-corrected chi connectivity index (χ1v) is 8.72. The summed E-state index contributed by atoms with van der Waals surface area (Å²) < 4.78 is 35.9. The molecule has 20 heavy (non-hydrogen) atoms. The van der Waals surface area contributed by atoms with Gasteiger partial charge >= 0.3 is 0 Å². The van der Waals surface area contributed by atoms with Crippen molar-refractivity contribution in [1.82, 2.24) is 4.90 Å². The Morgan fingerprint density at radius 1 is 1.20 bits per heavy atom. The maximum absolute atomic E-state index is 12.8. The lowest BCUT2D eigenvalue weighted by Gasteiger charge is -2.21. The quantitative estimate of drug-likeness (QED) is 0.911. The highest BCUT2D eigenvalue weighted by Gasteiger charge is 2.19. The molecule has 2 rings (SSSR count). The van der Waals surface area contributed by atoms with Crippen molar-refractivity contribution < 1.29 is 12.8 Å². The van der Waals surface area contributed by atoms with E-state index in [1.165, 1.54) is 12.1 Å². The Balaban J connectivity index is 1.84. The van der Waals surface area contributed by atoms with Crippen LogP contribution in [0.15, 0.2) is 24.3 Å². The van der Waals surface area contributed by atoms with Gasteiger partial charge in [-0.3, -0.25) is 0 Å². The summed E-state index contributed by atoms with van der Waals surface area (Å²) in [5.74, 6) is 0.255. The van der Waals surface area contributed by atoms with Gasteiger partial charge in [0, 0.05) is 12.6 Å². The topological polar surface area (TPSA) is 63.4 Å². The summed E-state index contributed by atoms with van der Waals surface area (Å²) in [4.78, 5) is 2.15. The van der Waals surface area contributed by atoms with Gasteiger partial charge in [-0.25, -0.2) is 12.8 Å². The predicted octanol–water partition coefficient (Wildman–Crippen LogP) is 1.34. The average molecular weight is 300 g/mol. The molecule has 0 spiro atoms. The number of benzene rings is 1. The molecule has 112 valence electrons. The number of rotatable bonds is 4. The van der Waals surface area contributed by atoms with Crippen LogP contribution < -0.4 is 5.73 Å². The van der Waals surface area contributed by atoms with E-state index in [2.05, 4.69) is 4.90 Å². The van der Waals surface area contributed by atoms with Crippen molar-refractivity contribution in [2.45, 2.75) is 18.9 Å². The van der Waals surface area contributed by atoms with E-state index in [9.17, 15) is 12.8 Å². The van der Waals surface area contributed by atoms with Crippen LogP contribution in [0.4, 0.5) is 4.39 Å². The van der Waals surface area contributed by atoms with Gasteiger partial charge in [0.15, 0.2) is 9.84 Å². The second-order valence-corrected chi connectivity index (χ2v) is 7.60. The fraction of sp³-hybridized carbons (Fsp3) is 0.571. The molecule has 1 aliphatic rings. The number of hydrogen-bond donors (Lipinski definition) is 1. The molecule has 1 unspecified atom stereocenters. The fourth-order valence-electron chi connectivity index (χ4n) is 2.41. The molecular weight excluding hydrogens is 279 g/mol. The lowest BCUT2D eigenvalue weighted by atomic mass is 10.0. The van der Waals surface area contributed by atoms with E-state index < -0.39 is 9.84 Å². The standard InChI is InChI=1S/C14H21FN2O2S/c15-13-4-2-12(3-5-13)14(16)6-8-17-7-1-10-20(18,19)11-9-17/h2-5,14H,1,6-11,16H2. The minimum Gasteiger partial charge on any atom is -0.324 e. The minimum atomic E-state index is -2.86. The molecule has 0 amide bonds. The molecule has 1 fully saturated rings. The molecule has 0 aromatic heterocycles. The Kier molecular flexibility index (Phi) is 5.12. The summed E-state index contributed by atoms with van der Waals surface area (Å²) in [6.07, 6.45) is 1.43. The third-order valence-corrected chi connectivity index (χ3v) is 5.42. The summed E-state index contributed by atoms with van der Waals surface area (Å²) in [6, 6.07) is 6.08. The molecule has 1 aromatic carbocycles. The zero-order valence-corrected chi connectivity index (χ0v) is 12.3. The number of nitrogens with zero attached hydrogens (tertiary/aromatic N) is 1. The van der Waals surface area contributed by atoms with Crippen molar-refractivity contribution in [1.29, 1.82) is 0 Å². The monoisotopic (exact) mass is 300 g/mol. The van der Waals surface area contributed by atoms with Gasteiger partial charge in [0.25, 0.3) is 0 Å². The van der Waals surface area contributed by atoms with Gasteiger partial charge in [-0.05, 0) is 43.6 Å². The number of hydrogen-bond acceptors (Lipinski definition) is 4. The Labute approximate surface area is 119 Å². The Morgan fingerprint density at radius 2 is 1.90 bits per heavy atom. The van der Waals surface area contributed by atoms with Gasteiger partial charge < -0.3 is 10.6 Å². The molecule has 1 heterocycles. The summed E-state index contributed by atoms with van der Waals surface area (Å²) in [7, 11) is -2.86. The lowest BCUT2D eigenvalue weighted by Crippen LogP contribution is -2.30. The normalized spacial score (nSPS) is 21.3. The maximum Gasteiger partial charge on any atom is 0.151 e. The first kappa shape index (κ1) is 15.4. The number of sulfone groups is 1. The zero-order valence-electron chi connectivity index (χ0n) is 11.5. The van der Waals surface area contributed by atoms with Crippen LogP contribution in [0, 0.1) is 5.82 Å². The molecule has 0 bridgehead atoms. The molecule has 2 N–H and O–H groups in total. The molecule has 0 aliphatic carbocycles. The van der Waals surface area contributed by atoms with Crippen LogP contribution >= 0.6 is 0 Å². The van der Waals surface area contributed by atoms with Crippen molar-refractivity contribution in [3.63, 3.8) is 0 Å².